The lowest BCUT2D eigenvalue weighted by atomic mass is 10.2. The number of hydrogen-bond acceptors (Lipinski definition) is 4. The fourth-order valence-corrected chi connectivity index (χ4v) is 1.32. The van der Waals surface area contributed by atoms with Gasteiger partial charge in [0.15, 0.2) is 0 Å². The highest BCUT2D eigenvalue weighted by atomic mass is 19.4. The molecule has 0 bridgehead atoms. The Balaban J connectivity index is 2.63. The van der Waals surface area contributed by atoms with E-state index in [2.05, 4.69) is 4.98 Å². The van der Waals surface area contributed by atoms with Gasteiger partial charge in [0.05, 0.1) is 12.2 Å². The zero-order valence-electron chi connectivity index (χ0n) is 10.3. The van der Waals surface area contributed by atoms with Gasteiger partial charge in [0, 0.05) is 12.6 Å². The van der Waals surface area contributed by atoms with Crippen LogP contribution in [0.1, 0.15) is 12.0 Å². The highest BCUT2D eigenvalue weighted by molar-refractivity contribution is 5.38. The van der Waals surface area contributed by atoms with Crippen LogP contribution in [0.5, 0.6) is 5.88 Å². The topological polar surface area (TPSA) is 51.4 Å². The molecule has 0 radical (unpaired) electrons. The number of aromatic nitrogens is 1. The fraction of sp³-hybridized carbons (Fsp3) is 0.545. The molecule has 1 rings (SSSR count). The Kier molecular flexibility index (Phi) is 4.77. The lowest BCUT2D eigenvalue weighted by Crippen LogP contribution is -2.16. The van der Waals surface area contributed by atoms with Crippen molar-refractivity contribution in [1.29, 1.82) is 0 Å². The largest absolute Gasteiger partial charge is 0.478 e. The molecule has 0 amide bonds. The minimum atomic E-state index is -4.45. The summed E-state index contributed by atoms with van der Waals surface area (Å²) in [5.41, 5.74) is 4.46. The predicted octanol–water partition coefficient (Wildman–Crippen LogP) is 2.01. The molecule has 0 aliphatic carbocycles. The fourth-order valence-electron chi connectivity index (χ4n) is 1.32. The van der Waals surface area contributed by atoms with Crippen molar-refractivity contribution in [2.45, 2.75) is 12.6 Å². The van der Waals surface area contributed by atoms with Crippen molar-refractivity contribution in [2.75, 3.05) is 33.0 Å². The van der Waals surface area contributed by atoms with Crippen LogP contribution < -0.4 is 10.5 Å². The zero-order valence-corrected chi connectivity index (χ0v) is 10.3. The number of rotatable bonds is 5. The molecule has 0 aliphatic rings. The Morgan fingerprint density at radius 3 is 2.56 bits per heavy atom. The van der Waals surface area contributed by atoms with Crippen LogP contribution in [0, 0.1) is 0 Å². The van der Waals surface area contributed by atoms with Crippen molar-refractivity contribution in [2.24, 2.45) is 0 Å². The average molecular weight is 263 g/mol. The van der Waals surface area contributed by atoms with Crippen molar-refractivity contribution in [3.8, 4) is 5.88 Å². The second-order valence-corrected chi connectivity index (χ2v) is 4.12. The van der Waals surface area contributed by atoms with Gasteiger partial charge in [-0.2, -0.15) is 18.2 Å². The van der Waals surface area contributed by atoms with Gasteiger partial charge in [-0.25, -0.2) is 0 Å². The predicted molar refractivity (Wildman–Crippen MR) is 62.3 cm³/mol. The maximum Gasteiger partial charge on any atom is 0.416 e. The molecule has 1 aromatic heterocycles. The lowest BCUT2D eigenvalue weighted by Gasteiger charge is -2.12. The summed E-state index contributed by atoms with van der Waals surface area (Å²) in [7, 11) is 3.81. The van der Waals surface area contributed by atoms with Crippen molar-refractivity contribution in [3.05, 3.63) is 17.7 Å². The van der Waals surface area contributed by atoms with Crippen LogP contribution in [0.3, 0.4) is 0 Å². The van der Waals surface area contributed by atoms with Crippen LogP contribution in [0.2, 0.25) is 0 Å². The molecule has 0 aromatic carbocycles. The maximum atomic E-state index is 12.5. The van der Waals surface area contributed by atoms with Gasteiger partial charge in [-0.3, -0.25) is 0 Å². The van der Waals surface area contributed by atoms with Gasteiger partial charge >= 0.3 is 6.18 Å². The van der Waals surface area contributed by atoms with Gasteiger partial charge in [0.2, 0.25) is 5.88 Å². The minimum absolute atomic E-state index is 0.0962. The van der Waals surface area contributed by atoms with E-state index in [9.17, 15) is 13.2 Å². The van der Waals surface area contributed by atoms with Crippen molar-refractivity contribution < 1.29 is 17.9 Å². The molecule has 2 N–H and O–H groups in total. The van der Waals surface area contributed by atoms with Crippen LogP contribution in [-0.2, 0) is 6.18 Å². The molecule has 102 valence electrons. The Morgan fingerprint density at radius 2 is 2.00 bits per heavy atom. The molecule has 0 unspecified atom stereocenters. The molecule has 0 fully saturated rings. The average Bonchev–Trinajstić information content (AvgIpc) is 2.22. The van der Waals surface area contributed by atoms with E-state index in [0.717, 1.165) is 18.7 Å². The van der Waals surface area contributed by atoms with Gasteiger partial charge in [0.1, 0.15) is 5.82 Å². The number of nitrogens with two attached hydrogens (primary N) is 1. The summed E-state index contributed by atoms with van der Waals surface area (Å²) in [6.45, 7) is 1.08. The summed E-state index contributed by atoms with van der Waals surface area (Å²) in [6.07, 6.45) is -3.75. The van der Waals surface area contributed by atoms with Crippen LogP contribution in [0.15, 0.2) is 12.1 Å². The van der Waals surface area contributed by atoms with Gasteiger partial charge in [-0.05, 0) is 26.6 Å². The second kappa shape index (κ2) is 5.90. The standard InChI is InChI=1S/C11H16F3N3O/c1-17(2)4-3-5-18-10-7-8(11(12,13)14)6-9(15)16-10/h6-7H,3-5H2,1-2H3,(H2,15,16). The normalized spacial score (nSPS) is 11.9. The van der Waals surface area contributed by atoms with Crippen LogP contribution in [-0.4, -0.2) is 37.1 Å². The first-order valence-electron chi connectivity index (χ1n) is 5.41. The number of halogens is 3. The molecule has 4 nitrogen and oxygen atoms in total. The third-order valence-corrected chi connectivity index (χ3v) is 2.15. The van der Waals surface area contributed by atoms with E-state index >= 15 is 0 Å². The van der Waals surface area contributed by atoms with Crippen molar-refractivity contribution >= 4 is 5.82 Å². The molecular weight excluding hydrogens is 247 g/mol. The summed E-state index contributed by atoms with van der Waals surface area (Å²) in [5, 5.41) is 0. The number of anilines is 1. The minimum Gasteiger partial charge on any atom is -0.478 e. The third kappa shape index (κ3) is 4.79. The molecule has 7 heteroatoms. The van der Waals surface area contributed by atoms with E-state index < -0.39 is 11.7 Å². The number of nitrogen functional groups attached to an aromatic ring is 1. The van der Waals surface area contributed by atoms with Gasteiger partial charge in [-0.1, -0.05) is 0 Å². The molecule has 0 atom stereocenters. The maximum absolute atomic E-state index is 12.5. The van der Waals surface area contributed by atoms with E-state index in [1.54, 1.807) is 0 Å². The van der Waals surface area contributed by atoms with Gasteiger partial charge < -0.3 is 15.4 Å². The third-order valence-electron chi connectivity index (χ3n) is 2.15. The SMILES string of the molecule is CN(C)CCCOc1cc(C(F)(F)F)cc(N)n1. The highest BCUT2D eigenvalue weighted by Crippen LogP contribution is 2.31. The van der Waals surface area contributed by atoms with Crippen molar-refractivity contribution in [1.82, 2.24) is 9.88 Å². The highest BCUT2D eigenvalue weighted by Gasteiger charge is 2.31. The number of ether oxygens (including phenoxy) is 1. The molecule has 1 heterocycles. The van der Waals surface area contributed by atoms with Gasteiger partial charge in [0.25, 0.3) is 0 Å². The summed E-state index contributed by atoms with van der Waals surface area (Å²) in [4.78, 5) is 5.66. The summed E-state index contributed by atoms with van der Waals surface area (Å²) >= 11 is 0. The molecule has 1 aromatic rings. The monoisotopic (exact) mass is 263 g/mol. The first-order chi connectivity index (χ1) is 8.29. The van der Waals surface area contributed by atoms with E-state index in [0.29, 0.717) is 13.0 Å². The Bertz CT molecular complexity index is 394. The zero-order chi connectivity index (χ0) is 13.8. The number of alkyl halides is 3. The number of pyridine rings is 1. The summed E-state index contributed by atoms with van der Waals surface area (Å²) < 4.78 is 42.6. The molecular formula is C11H16F3N3O. The van der Waals surface area contributed by atoms with E-state index in [1.807, 2.05) is 19.0 Å². The number of nitrogens with zero attached hydrogens (tertiary/aromatic N) is 2. The first-order valence-corrected chi connectivity index (χ1v) is 5.41. The van der Waals surface area contributed by atoms with E-state index in [4.69, 9.17) is 10.5 Å². The number of hydrogen-bond donors (Lipinski definition) is 1. The Labute approximate surface area is 104 Å². The van der Waals surface area contributed by atoms with Crippen LogP contribution in [0.4, 0.5) is 19.0 Å². The molecule has 0 aliphatic heterocycles. The van der Waals surface area contributed by atoms with E-state index in [-0.39, 0.29) is 11.7 Å². The molecule has 18 heavy (non-hydrogen) atoms. The first kappa shape index (κ1) is 14.6. The Hall–Kier alpha value is -1.50. The lowest BCUT2D eigenvalue weighted by molar-refractivity contribution is -0.137. The molecule has 0 spiro atoms. The van der Waals surface area contributed by atoms with Crippen molar-refractivity contribution in [3.63, 3.8) is 0 Å². The van der Waals surface area contributed by atoms with Crippen LogP contribution >= 0.6 is 0 Å². The summed E-state index contributed by atoms with van der Waals surface area (Å²) in [5.74, 6) is -0.298. The van der Waals surface area contributed by atoms with Gasteiger partial charge in [-0.15, -0.1) is 0 Å². The quantitative estimate of drug-likeness (QED) is 0.826. The Morgan fingerprint density at radius 1 is 1.33 bits per heavy atom. The van der Waals surface area contributed by atoms with E-state index in [1.165, 1.54) is 0 Å². The molecule has 0 saturated heterocycles. The molecule has 0 saturated carbocycles. The second-order valence-electron chi connectivity index (χ2n) is 4.12. The smallest absolute Gasteiger partial charge is 0.416 e. The van der Waals surface area contributed by atoms with Crippen LogP contribution in [0.25, 0.3) is 0 Å². The summed E-state index contributed by atoms with van der Waals surface area (Å²) in [6, 6.07) is 1.64.